The molecule has 0 aliphatic heterocycles. The van der Waals surface area contributed by atoms with Crippen LogP contribution in [0.15, 0.2) is 59.1 Å². The Labute approximate surface area is 119 Å². The van der Waals surface area contributed by atoms with E-state index in [0.717, 1.165) is 29.7 Å². The second kappa shape index (κ2) is 5.79. The zero-order valence-electron chi connectivity index (χ0n) is 11.7. The van der Waals surface area contributed by atoms with Gasteiger partial charge in [0.2, 0.25) is 0 Å². The first kappa shape index (κ1) is 12.7. The molecule has 0 fully saturated rings. The lowest BCUT2D eigenvalue weighted by molar-refractivity contribution is 0.595. The Kier molecular flexibility index (Phi) is 3.69. The molecule has 0 unspecified atom stereocenters. The number of benzene rings is 1. The maximum absolute atomic E-state index is 6.02. The fourth-order valence-electron chi connectivity index (χ4n) is 2.55. The fourth-order valence-corrected chi connectivity index (χ4v) is 2.55. The predicted molar refractivity (Wildman–Crippen MR) is 86.6 cm³/mol. The number of para-hydroxylation sites is 1. The minimum absolute atomic E-state index is 1.000. The Morgan fingerprint density at radius 3 is 2.90 bits per heavy atom. The summed E-state index contributed by atoms with van der Waals surface area (Å²) >= 11 is 0. The van der Waals surface area contributed by atoms with Gasteiger partial charge in [0.15, 0.2) is 0 Å². The van der Waals surface area contributed by atoms with E-state index in [1.807, 2.05) is 37.3 Å². The van der Waals surface area contributed by atoms with Crippen molar-refractivity contribution in [2.24, 2.45) is 0 Å². The smallest absolute Gasteiger partial charge is 0.142 e. The summed E-state index contributed by atoms with van der Waals surface area (Å²) in [5, 5.41) is 1.25. The summed E-state index contributed by atoms with van der Waals surface area (Å²) in [5.41, 5.74) is 3.48. The van der Waals surface area contributed by atoms with Crippen molar-refractivity contribution >= 4 is 23.1 Å². The third kappa shape index (κ3) is 2.39. The molecule has 1 heterocycles. The molecule has 3 rings (SSSR count). The van der Waals surface area contributed by atoms with Crippen LogP contribution in [-0.4, -0.2) is 0 Å². The predicted octanol–water partition coefficient (Wildman–Crippen LogP) is 5.54. The molecule has 0 N–H and O–H groups in total. The van der Waals surface area contributed by atoms with Gasteiger partial charge in [-0.1, -0.05) is 60.7 Å². The van der Waals surface area contributed by atoms with E-state index in [-0.39, 0.29) is 0 Å². The molecule has 0 atom stereocenters. The molecule has 0 bridgehead atoms. The van der Waals surface area contributed by atoms with Gasteiger partial charge in [-0.15, -0.1) is 0 Å². The van der Waals surface area contributed by atoms with Crippen LogP contribution < -0.4 is 0 Å². The topological polar surface area (TPSA) is 13.1 Å². The third-order valence-electron chi connectivity index (χ3n) is 3.51. The van der Waals surface area contributed by atoms with Gasteiger partial charge >= 0.3 is 0 Å². The molecular weight excluding hydrogens is 244 g/mol. The zero-order valence-corrected chi connectivity index (χ0v) is 11.7. The number of fused-ring (bicyclic) bond motifs is 3. The Hall–Kier alpha value is -2.28. The summed E-state index contributed by atoms with van der Waals surface area (Å²) in [6, 6.07) is 6.36. The van der Waals surface area contributed by atoms with Gasteiger partial charge in [-0.2, -0.15) is 0 Å². The van der Waals surface area contributed by atoms with Crippen LogP contribution in [0.3, 0.4) is 0 Å². The highest BCUT2D eigenvalue weighted by Crippen LogP contribution is 2.33. The van der Waals surface area contributed by atoms with Gasteiger partial charge in [-0.25, -0.2) is 0 Å². The molecule has 0 radical (unpaired) electrons. The summed E-state index contributed by atoms with van der Waals surface area (Å²) < 4.78 is 6.02. The number of furan rings is 1. The van der Waals surface area contributed by atoms with Crippen molar-refractivity contribution in [1.29, 1.82) is 0 Å². The first-order chi connectivity index (χ1) is 9.90. The van der Waals surface area contributed by atoms with Crippen molar-refractivity contribution in [3.63, 3.8) is 0 Å². The lowest BCUT2D eigenvalue weighted by Crippen LogP contribution is -1.88. The van der Waals surface area contributed by atoms with Gasteiger partial charge in [0, 0.05) is 16.5 Å². The quantitative estimate of drug-likeness (QED) is 0.662. The molecule has 2 aromatic rings. The van der Waals surface area contributed by atoms with E-state index in [4.69, 9.17) is 4.42 Å². The fraction of sp³-hybridized carbons (Fsp3) is 0.158. The SMILES string of the molecule is C/C=C/C=C\C=C/c1cccc2c3c(oc12)C=CCC3. The zero-order chi connectivity index (χ0) is 13.8. The van der Waals surface area contributed by atoms with Crippen molar-refractivity contribution in [2.75, 3.05) is 0 Å². The van der Waals surface area contributed by atoms with E-state index in [9.17, 15) is 0 Å². The average Bonchev–Trinajstić information content (AvgIpc) is 2.87. The van der Waals surface area contributed by atoms with Crippen LogP contribution in [0.2, 0.25) is 0 Å². The van der Waals surface area contributed by atoms with Gasteiger partial charge in [0.25, 0.3) is 0 Å². The van der Waals surface area contributed by atoms with Gasteiger partial charge < -0.3 is 4.42 Å². The van der Waals surface area contributed by atoms with Crippen LogP contribution in [0.25, 0.3) is 23.1 Å². The molecule has 1 aliphatic carbocycles. The highest BCUT2D eigenvalue weighted by atomic mass is 16.3. The normalized spacial score (nSPS) is 15.1. The van der Waals surface area contributed by atoms with Crippen LogP contribution in [0, 0.1) is 0 Å². The van der Waals surface area contributed by atoms with E-state index < -0.39 is 0 Å². The van der Waals surface area contributed by atoms with Crippen LogP contribution in [0.4, 0.5) is 0 Å². The first-order valence-electron chi connectivity index (χ1n) is 7.07. The molecular formula is C19H18O. The summed E-state index contributed by atoms with van der Waals surface area (Å²) in [6.45, 7) is 2.01. The van der Waals surface area contributed by atoms with Gasteiger partial charge in [-0.05, 0) is 25.8 Å². The number of hydrogen-bond donors (Lipinski definition) is 0. The second-order valence-corrected chi connectivity index (χ2v) is 4.88. The van der Waals surface area contributed by atoms with Crippen LogP contribution in [-0.2, 0) is 6.42 Å². The largest absolute Gasteiger partial charge is 0.456 e. The minimum Gasteiger partial charge on any atom is -0.456 e. The lowest BCUT2D eigenvalue weighted by atomic mass is 10.00. The highest BCUT2D eigenvalue weighted by molar-refractivity contribution is 5.91. The maximum Gasteiger partial charge on any atom is 0.142 e. The standard InChI is InChI=1S/C19H18O/c1-2-3-4-5-6-10-15-11-9-13-17-16-12-7-8-14-18(16)20-19(15)17/h2-6,8-11,13-14H,7,12H2,1H3/b3-2+,5-4-,10-6-. The molecule has 0 saturated heterocycles. The van der Waals surface area contributed by atoms with Crippen molar-refractivity contribution in [3.8, 4) is 0 Å². The molecule has 100 valence electrons. The van der Waals surface area contributed by atoms with Crippen LogP contribution >= 0.6 is 0 Å². The summed E-state index contributed by atoms with van der Waals surface area (Å²) in [4.78, 5) is 0. The monoisotopic (exact) mass is 262 g/mol. The molecule has 0 spiro atoms. The molecule has 1 nitrogen and oxygen atoms in total. The number of aryl methyl sites for hydroxylation is 1. The van der Waals surface area contributed by atoms with Gasteiger partial charge in [0.1, 0.15) is 11.3 Å². The number of hydrogen-bond acceptors (Lipinski definition) is 1. The molecule has 1 heteroatoms. The molecule has 1 aliphatic rings. The van der Waals surface area contributed by atoms with E-state index >= 15 is 0 Å². The average molecular weight is 262 g/mol. The minimum atomic E-state index is 1.000. The van der Waals surface area contributed by atoms with E-state index in [1.165, 1.54) is 10.9 Å². The van der Waals surface area contributed by atoms with Gasteiger partial charge in [-0.3, -0.25) is 0 Å². The maximum atomic E-state index is 6.02. The Morgan fingerprint density at radius 1 is 1.10 bits per heavy atom. The Balaban J connectivity index is 2.00. The molecule has 20 heavy (non-hydrogen) atoms. The van der Waals surface area contributed by atoms with Crippen LogP contribution in [0.5, 0.6) is 0 Å². The number of rotatable bonds is 3. The Morgan fingerprint density at radius 2 is 2.00 bits per heavy atom. The molecule has 1 aromatic carbocycles. The Bertz CT molecular complexity index is 724. The molecule has 1 aromatic heterocycles. The van der Waals surface area contributed by atoms with Crippen molar-refractivity contribution < 1.29 is 4.42 Å². The van der Waals surface area contributed by atoms with Gasteiger partial charge in [0.05, 0.1) is 0 Å². The highest BCUT2D eigenvalue weighted by Gasteiger charge is 2.15. The second-order valence-electron chi connectivity index (χ2n) is 4.88. The van der Waals surface area contributed by atoms with E-state index in [2.05, 4.69) is 36.4 Å². The van der Waals surface area contributed by atoms with Crippen molar-refractivity contribution in [2.45, 2.75) is 19.8 Å². The summed E-state index contributed by atoms with van der Waals surface area (Å²) in [6.07, 6.45) is 18.7. The summed E-state index contributed by atoms with van der Waals surface area (Å²) in [7, 11) is 0. The van der Waals surface area contributed by atoms with E-state index in [1.54, 1.807) is 0 Å². The van der Waals surface area contributed by atoms with Crippen molar-refractivity contribution in [1.82, 2.24) is 0 Å². The lowest BCUT2D eigenvalue weighted by Gasteiger charge is -2.01. The molecule has 0 amide bonds. The summed E-state index contributed by atoms with van der Waals surface area (Å²) in [5.74, 6) is 1.02. The first-order valence-corrected chi connectivity index (χ1v) is 7.07. The van der Waals surface area contributed by atoms with E-state index in [0.29, 0.717) is 0 Å². The molecule has 0 saturated carbocycles. The third-order valence-corrected chi connectivity index (χ3v) is 3.51. The van der Waals surface area contributed by atoms with Crippen LogP contribution in [0.1, 0.15) is 30.2 Å². The number of allylic oxidation sites excluding steroid dienone is 6. The van der Waals surface area contributed by atoms with Crippen molar-refractivity contribution in [3.05, 3.63) is 71.5 Å².